The Morgan fingerprint density at radius 1 is 1.19 bits per heavy atom. The van der Waals surface area contributed by atoms with Gasteiger partial charge in [0.2, 0.25) is 0 Å². The van der Waals surface area contributed by atoms with E-state index in [1.54, 1.807) is 42.5 Å². The number of hydrogen-bond acceptors (Lipinski definition) is 6. The molecule has 0 saturated carbocycles. The first-order valence-corrected chi connectivity index (χ1v) is 8.32. The van der Waals surface area contributed by atoms with Gasteiger partial charge in [0.25, 0.3) is 5.69 Å². The molecule has 0 atom stereocenters. The molecule has 7 heteroatoms. The van der Waals surface area contributed by atoms with E-state index in [1.807, 2.05) is 13.8 Å². The third-order valence-electron chi connectivity index (χ3n) is 3.52. The summed E-state index contributed by atoms with van der Waals surface area (Å²) in [5.41, 5.74) is 0.978. The second kappa shape index (κ2) is 9.38. The summed E-state index contributed by atoms with van der Waals surface area (Å²) in [6, 6.07) is 11.4. The number of nitrogens with zero attached hydrogens (tertiary/aromatic N) is 1. The van der Waals surface area contributed by atoms with Crippen LogP contribution in [0.4, 0.5) is 5.69 Å². The number of rotatable bonds is 8. The number of ether oxygens (including phenoxy) is 3. The Morgan fingerprint density at radius 3 is 2.59 bits per heavy atom. The van der Waals surface area contributed by atoms with E-state index in [4.69, 9.17) is 14.2 Å². The molecule has 7 nitrogen and oxygen atoms in total. The molecule has 0 amide bonds. The second-order valence-corrected chi connectivity index (χ2v) is 5.90. The number of hydrogen-bond donors (Lipinski definition) is 0. The van der Waals surface area contributed by atoms with Crippen LogP contribution in [-0.4, -0.2) is 24.1 Å². The highest BCUT2D eigenvalue weighted by atomic mass is 16.6. The van der Waals surface area contributed by atoms with Crippen LogP contribution in [0.2, 0.25) is 0 Å². The van der Waals surface area contributed by atoms with Crippen molar-refractivity contribution in [3.8, 4) is 11.5 Å². The van der Waals surface area contributed by atoms with Crippen molar-refractivity contribution in [3.05, 3.63) is 69.8 Å². The van der Waals surface area contributed by atoms with Crippen molar-refractivity contribution in [1.82, 2.24) is 0 Å². The summed E-state index contributed by atoms with van der Waals surface area (Å²) < 4.78 is 16.0. The minimum absolute atomic E-state index is 0.0114. The van der Waals surface area contributed by atoms with Crippen LogP contribution in [0.15, 0.2) is 48.5 Å². The topological polar surface area (TPSA) is 87.9 Å². The first-order valence-electron chi connectivity index (χ1n) is 8.32. The summed E-state index contributed by atoms with van der Waals surface area (Å²) in [5.74, 6) is 0.567. The van der Waals surface area contributed by atoms with Crippen molar-refractivity contribution in [3.63, 3.8) is 0 Å². The van der Waals surface area contributed by atoms with Crippen LogP contribution < -0.4 is 9.47 Å². The largest absolute Gasteiger partial charge is 0.493 e. The van der Waals surface area contributed by atoms with Crippen LogP contribution in [0, 0.1) is 10.1 Å². The lowest BCUT2D eigenvalue weighted by Gasteiger charge is -2.13. The lowest BCUT2D eigenvalue weighted by molar-refractivity contribution is -0.385. The first kappa shape index (κ1) is 20.0. The van der Waals surface area contributed by atoms with Gasteiger partial charge in [-0.2, -0.15) is 0 Å². The Kier molecular flexibility index (Phi) is 6.93. The predicted octanol–water partition coefficient (Wildman–Crippen LogP) is 4.15. The van der Waals surface area contributed by atoms with Crippen LogP contribution in [0.3, 0.4) is 0 Å². The fraction of sp³-hybridized carbons (Fsp3) is 0.250. The maximum atomic E-state index is 11.9. The van der Waals surface area contributed by atoms with E-state index in [1.165, 1.54) is 19.3 Å². The Balaban J connectivity index is 2.01. The molecule has 0 spiro atoms. The molecule has 0 heterocycles. The molecule has 0 fully saturated rings. The number of nitro benzene ring substituents is 1. The second-order valence-electron chi connectivity index (χ2n) is 5.90. The smallest absolute Gasteiger partial charge is 0.331 e. The van der Waals surface area contributed by atoms with Crippen molar-refractivity contribution >= 4 is 17.7 Å². The maximum absolute atomic E-state index is 11.9. The number of methoxy groups -OCH3 is 1. The van der Waals surface area contributed by atoms with E-state index >= 15 is 0 Å². The number of nitro groups is 1. The standard InChI is InChI=1S/C20H21NO6/c1-14(2)27-18-10-8-15(12-19(18)25-3)9-11-20(22)26-13-16-6-4-5-7-17(16)21(23)24/h4-12,14H,13H2,1-3H3/b11-9+. The van der Waals surface area contributed by atoms with Gasteiger partial charge >= 0.3 is 5.97 Å². The Hall–Kier alpha value is -3.35. The molecule has 0 saturated heterocycles. The summed E-state index contributed by atoms with van der Waals surface area (Å²) in [7, 11) is 1.54. The highest BCUT2D eigenvalue weighted by Crippen LogP contribution is 2.29. The molecule has 2 rings (SSSR count). The van der Waals surface area contributed by atoms with E-state index in [2.05, 4.69) is 0 Å². The lowest BCUT2D eigenvalue weighted by Crippen LogP contribution is -2.06. The van der Waals surface area contributed by atoms with Crippen LogP contribution in [0.1, 0.15) is 25.0 Å². The van der Waals surface area contributed by atoms with Gasteiger partial charge in [-0.25, -0.2) is 4.79 Å². The van der Waals surface area contributed by atoms with E-state index in [-0.39, 0.29) is 18.4 Å². The third kappa shape index (κ3) is 5.85. The van der Waals surface area contributed by atoms with Crippen LogP contribution in [0.25, 0.3) is 6.08 Å². The van der Waals surface area contributed by atoms with Gasteiger partial charge in [-0.1, -0.05) is 18.2 Å². The zero-order chi connectivity index (χ0) is 19.8. The van der Waals surface area contributed by atoms with E-state index in [0.29, 0.717) is 17.1 Å². The molecular formula is C20H21NO6. The average molecular weight is 371 g/mol. The number of esters is 1. The third-order valence-corrected chi connectivity index (χ3v) is 3.52. The highest BCUT2D eigenvalue weighted by Gasteiger charge is 2.13. The van der Waals surface area contributed by atoms with Gasteiger partial charge in [0.1, 0.15) is 6.61 Å². The molecule has 0 aliphatic rings. The zero-order valence-electron chi connectivity index (χ0n) is 15.4. The van der Waals surface area contributed by atoms with E-state index in [0.717, 1.165) is 5.56 Å². The minimum atomic E-state index is -0.602. The van der Waals surface area contributed by atoms with Crippen LogP contribution in [0.5, 0.6) is 11.5 Å². The van der Waals surface area contributed by atoms with E-state index in [9.17, 15) is 14.9 Å². The number of carbonyl (C=O) groups excluding carboxylic acids is 1. The van der Waals surface area contributed by atoms with Gasteiger partial charge < -0.3 is 14.2 Å². The average Bonchev–Trinajstić information content (AvgIpc) is 2.65. The fourth-order valence-electron chi connectivity index (χ4n) is 2.31. The van der Waals surface area contributed by atoms with Crippen LogP contribution >= 0.6 is 0 Å². The lowest BCUT2D eigenvalue weighted by atomic mass is 10.2. The molecule has 2 aromatic rings. The SMILES string of the molecule is COc1cc(/C=C/C(=O)OCc2ccccc2[N+](=O)[O-])ccc1OC(C)C. The Bertz CT molecular complexity index is 844. The number of benzene rings is 2. The van der Waals surface area contributed by atoms with Gasteiger partial charge in [0.05, 0.1) is 23.7 Å². The molecule has 0 radical (unpaired) electrons. The molecular weight excluding hydrogens is 350 g/mol. The monoisotopic (exact) mass is 371 g/mol. The molecule has 0 aliphatic heterocycles. The summed E-state index contributed by atoms with van der Waals surface area (Å²) in [5, 5.41) is 11.0. The molecule has 142 valence electrons. The number of carbonyl (C=O) groups is 1. The molecule has 0 aromatic heterocycles. The first-order chi connectivity index (χ1) is 12.9. The summed E-state index contributed by atoms with van der Waals surface area (Å²) in [6.45, 7) is 3.66. The number of para-hydroxylation sites is 1. The van der Waals surface area contributed by atoms with Gasteiger partial charge in [0, 0.05) is 12.1 Å². The van der Waals surface area contributed by atoms with Gasteiger partial charge in [-0.05, 0) is 43.7 Å². The van der Waals surface area contributed by atoms with Crippen molar-refractivity contribution in [2.75, 3.05) is 7.11 Å². The van der Waals surface area contributed by atoms with Crippen molar-refractivity contribution in [2.45, 2.75) is 26.6 Å². The maximum Gasteiger partial charge on any atom is 0.331 e. The highest BCUT2D eigenvalue weighted by molar-refractivity contribution is 5.87. The molecule has 2 aromatic carbocycles. The molecule has 0 N–H and O–H groups in total. The van der Waals surface area contributed by atoms with Crippen LogP contribution in [-0.2, 0) is 16.1 Å². The normalized spacial score (nSPS) is 10.8. The van der Waals surface area contributed by atoms with Crippen molar-refractivity contribution in [1.29, 1.82) is 0 Å². The minimum Gasteiger partial charge on any atom is -0.493 e. The van der Waals surface area contributed by atoms with Gasteiger partial charge in [-0.3, -0.25) is 10.1 Å². The predicted molar refractivity (Wildman–Crippen MR) is 101 cm³/mol. The van der Waals surface area contributed by atoms with Gasteiger partial charge in [0.15, 0.2) is 11.5 Å². The fourth-order valence-corrected chi connectivity index (χ4v) is 2.31. The summed E-state index contributed by atoms with van der Waals surface area (Å²) >= 11 is 0. The van der Waals surface area contributed by atoms with Crippen molar-refractivity contribution in [2.24, 2.45) is 0 Å². The molecule has 0 bridgehead atoms. The van der Waals surface area contributed by atoms with Gasteiger partial charge in [-0.15, -0.1) is 0 Å². The molecule has 0 unspecified atom stereocenters. The Morgan fingerprint density at radius 2 is 1.93 bits per heavy atom. The summed E-state index contributed by atoms with van der Waals surface area (Å²) in [4.78, 5) is 22.4. The van der Waals surface area contributed by atoms with E-state index < -0.39 is 10.9 Å². The van der Waals surface area contributed by atoms with Crippen molar-refractivity contribution < 1.29 is 23.9 Å². The molecule has 0 aliphatic carbocycles. The summed E-state index contributed by atoms with van der Waals surface area (Å²) in [6.07, 6.45) is 2.84. The molecule has 27 heavy (non-hydrogen) atoms. The quantitative estimate of drug-likeness (QED) is 0.300. The Labute approximate surface area is 157 Å². The zero-order valence-corrected chi connectivity index (χ0v) is 15.4.